The van der Waals surface area contributed by atoms with Gasteiger partial charge in [0.2, 0.25) is 0 Å². The molecule has 27 heavy (non-hydrogen) atoms. The van der Waals surface area contributed by atoms with Gasteiger partial charge in [-0.25, -0.2) is 0 Å². The van der Waals surface area contributed by atoms with E-state index in [2.05, 4.69) is 26.0 Å². The first-order valence-corrected chi connectivity index (χ1v) is 9.91. The molecule has 2 aliphatic rings. The number of rotatable bonds is 5. The summed E-state index contributed by atoms with van der Waals surface area (Å²) in [6.07, 6.45) is -1.46. The smallest absolute Gasteiger partial charge is 0.391 e. The summed E-state index contributed by atoms with van der Waals surface area (Å²) in [5.41, 5.74) is -0.0758. The highest BCUT2D eigenvalue weighted by Crippen LogP contribution is 2.35. The summed E-state index contributed by atoms with van der Waals surface area (Å²) in [5.74, 6) is 0.390. The van der Waals surface area contributed by atoms with Gasteiger partial charge in [0, 0.05) is 18.8 Å². The van der Waals surface area contributed by atoms with E-state index < -0.39 is 17.8 Å². The number of likely N-dealkylation sites (tertiary alicyclic amines) is 1. The molecule has 2 atom stereocenters. The van der Waals surface area contributed by atoms with Crippen molar-refractivity contribution in [1.29, 1.82) is 0 Å². The Kier molecular flexibility index (Phi) is 6.25. The first-order chi connectivity index (χ1) is 12.8. The van der Waals surface area contributed by atoms with Gasteiger partial charge in [-0.15, -0.1) is 0 Å². The van der Waals surface area contributed by atoms with Crippen LogP contribution in [0.4, 0.5) is 13.2 Å². The topological polar surface area (TPSA) is 41.9 Å². The molecule has 2 aliphatic heterocycles. The van der Waals surface area contributed by atoms with Crippen LogP contribution in [-0.2, 0) is 15.8 Å². The summed E-state index contributed by atoms with van der Waals surface area (Å²) in [7, 11) is 0. The van der Waals surface area contributed by atoms with Crippen LogP contribution in [0.2, 0.25) is 0 Å². The van der Waals surface area contributed by atoms with E-state index in [0.717, 1.165) is 36.0 Å². The summed E-state index contributed by atoms with van der Waals surface area (Å²) in [5, 5.41) is 3.94. The van der Waals surface area contributed by atoms with Crippen molar-refractivity contribution in [3.63, 3.8) is 0 Å². The highest BCUT2D eigenvalue weighted by atomic mass is 79.9. The Hall–Kier alpha value is -1.41. The molecule has 0 aliphatic carbocycles. The van der Waals surface area contributed by atoms with Gasteiger partial charge in [-0.3, -0.25) is 9.69 Å². The number of benzene rings is 1. The number of hydrogen-bond donors (Lipinski definition) is 0. The molecule has 1 fully saturated rings. The molecule has 0 aromatic heterocycles. The Morgan fingerprint density at radius 3 is 2.41 bits per heavy atom. The van der Waals surface area contributed by atoms with Gasteiger partial charge in [-0.2, -0.15) is 13.2 Å². The monoisotopic (exact) mass is 446 g/mol. The van der Waals surface area contributed by atoms with Crippen LogP contribution in [0.25, 0.3) is 0 Å². The van der Waals surface area contributed by atoms with E-state index in [-0.39, 0.29) is 11.9 Å². The predicted molar refractivity (Wildman–Crippen MR) is 99.6 cm³/mol. The standard InChI is InChI=1S/C19H22BrF3N2O2/c1-2-15(26)18(13-3-5-14(6-4-13)19(21,22)23)25-9-7-12(8-10-25)16-11-17(20)24-27-16/h3-6,12,16,18H,2,7-11H2,1H3/t16-,18?/m1/s1. The van der Waals surface area contributed by atoms with Gasteiger partial charge < -0.3 is 4.84 Å². The molecule has 0 saturated carbocycles. The number of oxime groups is 1. The third-order valence-corrected chi connectivity index (χ3v) is 5.80. The third kappa shape index (κ3) is 4.71. The largest absolute Gasteiger partial charge is 0.416 e. The van der Waals surface area contributed by atoms with Crippen molar-refractivity contribution >= 4 is 26.3 Å². The lowest BCUT2D eigenvalue weighted by molar-refractivity contribution is -0.137. The number of hydrogen-bond acceptors (Lipinski definition) is 4. The maximum Gasteiger partial charge on any atom is 0.416 e. The number of piperidine rings is 1. The van der Waals surface area contributed by atoms with Crippen molar-refractivity contribution in [1.82, 2.24) is 4.90 Å². The van der Waals surface area contributed by atoms with Crippen LogP contribution < -0.4 is 0 Å². The number of carbonyl (C=O) groups excluding carboxylic acids is 1. The minimum atomic E-state index is -4.38. The van der Waals surface area contributed by atoms with Crippen LogP contribution in [0, 0.1) is 5.92 Å². The highest BCUT2D eigenvalue weighted by Gasteiger charge is 2.36. The molecule has 8 heteroatoms. The molecule has 0 bridgehead atoms. The average molecular weight is 447 g/mol. The molecular formula is C19H22BrF3N2O2. The fraction of sp³-hybridized carbons (Fsp3) is 0.579. The first-order valence-electron chi connectivity index (χ1n) is 9.11. The molecule has 148 valence electrons. The summed E-state index contributed by atoms with van der Waals surface area (Å²) in [4.78, 5) is 20.1. The number of carbonyl (C=O) groups is 1. The van der Waals surface area contributed by atoms with Gasteiger partial charge in [0.05, 0.1) is 11.6 Å². The van der Waals surface area contributed by atoms with Crippen LogP contribution in [0.5, 0.6) is 0 Å². The zero-order chi connectivity index (χ0) is 19.6. The van der Waals surface area contributed by atoms with Gasteiger partial charge in [0.1, 0.15) is 10.7 Å². The number of Topliss-reactive ketones (excluding diaryl/α,β-unsaturated/α-hetero) is 1. The van der Waals surface area contributed by atoms with Crippen LogP contribution in [0.15, 0.2) is 29.4 Å². The fourth-order valence-electron chi connectivity index (χ4n) is 3.82. The number of halogens is 4. The molecule has 4 nitrogen and oxygen atoms in total. The van der Waals surface area contributed by atoms with Crippen LogP contribution in [-0.4, -0.2) is 34.5 Å². The van der Waals surface area contributed by atoms with E-state index in [0.29, 0.717) is 31.0 Å². The van der Waals surface area contributed by atoms with E-state index in [9.17, 15) is 18.0 Å². The average Bonchev–Trinajstić information content (AvgIpc) is 3.08. The molecule has 0 spiro atoms. The molecule has 0 radical (unpaired) electrons. The quantitative estimate of drug-likeness (QED) is 0.643. The van der Waals surface area contributed by atoms with Crippen LogP contribution >= 0.6 is 15.9 Å². The summed E-state index contributed by atoms with van der Waals surface area (Å²) in [6.45, 7) is 3.20. The van der Waals surface area contributed by atoms with Gasteiger partial charge in [0.15, 0.2) is 5.78 Å². The second-order valence-electron chi connectivity index (χ2n) is 7.03. The van der Waals surface area contributed by atoms with E-state index in [4.69, 9.17) is 4.84 Å². The van der Waals surface area contributed by atoms with Crippen LogP contribution in [0.3, 0.4) is 0 Å². The normalized spacial score (nSPS) is 23.0. The van der Waals surface area contributed by atoms with Crippen molar-refractivity contribution in [3.8, 4) is 0 Å². The molecule has 1 aromatic rings. The van der Waals surface area contributed by atoms with Crippen molar-refractivity contribution < 1.29 is 22.8 Å². The summed E-state index contributed by atoms with van der Waals surface area (Å²) in [6, 6.07) is 4.47. The minimum absolute atomic E-state index is 0.0244. The molecule has 1 unspecified atom stereocenters. The van der Waals surface area contributed by atoms with Crippen molar-refractivity contribution in [2.24, 2.45) is 11.1 Å². The Morgan fingerprint density at radius 1 is 1.30 bits per heavy atom. The Labute approximate surface area is 164 Å². The van der Waals surface area contributed by atoms with Crippen molar-refractivity contribution in [2.45, 2.75) is 50.9 Å². The lowest BCUT2D eigenvalue weighted by Gasteiger charge is -2.38. The Morgan fingerprint density at radius 2 is 1.93 bits per heavy atom. The second-order valence-corrected chi connectivity index (χ2v) is 7.95. The molecule has 2 heterocycles. The lowest BCUT2D eigenvalue weighted by Crippen LogP contribution is -2.42. The van der Waals surface area contributed by atoms with E-state index >= 15 is 0 Å². The number of ketones is 1. The zero-order valence-electron chi connectivity index (χ0n) is 15.0. The first kappa shape index (κ1) is 20.3. The van der Waals surface area contributed by atoms with Gasteiger partial charge in [0.25, 0.3) is 0 Å². The summed E-state index contributed by atoms with van der Waals surface area (Å²) >= 11 is 3.35. The third-order valence-electron chi connectivity index (χ3n) is 5.33. The molecule has 1 saturated heterocycles. The van der Waals surface area contributed by atoms with Gasteiger partial charge >= 0.3 is 6.18 Å². The number of nitrogens with zero attached hydrogens (tertiary/aromatic N) is 2. The summed E-state index contributed by atoms with van der Waals surface area (Å²) < 4.78 is 39.3. The molecule has 1 aromatic carbocycles. The maximum absolute atomic E-state index is 12.8. The van der Waals surface area contributed by atoms with Gasteiger partial charge in [-0.1, -0.05) is 24.2 Å². The van der Waals surface area contributed by atoms with Crippen LogP contribution in [0.1, 0.15) is 49.8 Å². The Balaban J connectivity index is 1.70. The maximum atomic E-state index is 12.8. The second kappa shape index (κ2) is 8.31. The SMILES string of the molecule is CCC(=O)C(c1ccc(C(F)(F)F)cc1)N1CCC([C@H]2CC(Br)=NO2)CC1. The van der Waals surface area contributed by atoms with Gasteiger partial charge in [-0.05, 0) is 59.6 Å². The zero-order valence-corrected chi connectivity index (χ0v) is 16.6. The lowest BCUT2D eigenvalue weighted by atomic mass is 9.87. The number of alkyl halides is 3. The minimum Gasteiger partial charge on any atom is -0.391 e. The Bertz CT molecular complexity index is 698. The molecule has 0 amide bonds. The van der Waals surface area contributed by atoms with E-state index in [1.807, 2.05) is 0 Å². The van der Waals surface area contributed by atoms with E-state index in [1.165, 1.54) is 12.1 Å². The predicted octanol–water partition coefficient (Wildman–Crippen LogP) is 4.93. The molecule has 3 rings (SSSR count). The van der Waals surface area contributed by atoms with Crippen molar-refractivity contribution in [3.05, 3.63) is 35.4 Å². The van der Waals surface area contributed by atoms with E-state index in [1.54, 1.807) is 6.92 Å². The van der Waals surface area contributed by atoms with Crippen molar-refractivity contribution in [2.75, 3.05) is 13.1 Å². The highest BCUT2D eigenvalue weighted by molar-refractivity contribution is 9.18. The fourth-order valence-corrected chi connectivity index (χ4v) is 4.22. The molecule has 0 N–H and O–H groups in total. The molecular weight excluding hydrogens is 425 g/mol.